The third-order valence-corrected chi connectivity index (χ3v) is 5.44. The number of aliphatic hydroxyl groups excluding tert-OH is 1. The van der Waals surface area contributed by atoms with E-state index in [0.717, 1.165) is 6.54 Å². The first-order valence-electron chi connectivity index (χ1n) is 11.1. The van der Waals surface area contributed by atoms with Crippen molar-refractivity contribution in [3.63, 3.8) is 0 Å². The molecule has 0 aromatic heterocycles. The van der Waals surface area contributed by atoms with E-state index in [-0.39, 0.29) is 11.3 Å². The van der Waals surface area contributed by atoms with Crippen molar-refractivity contribution in [2.24, 2.45) is 5.92 Å². The summed E-state index contributed by atoms with van der Waals surface area (Å²) in [6.45, 7) is 5.73. The molecule has 1 N–H and O–H groups in total. The zero-order chi connectivity index (χ0) is 24.1. The maximum Gasteiger partial charge on any atom is 0.295 e. The van der Waals surface area contributed by atoms with E-state index in [9.17, 15) is 19.1 Å². The van der Waals surface area contributed by atoms with Gasteiger partial charge in [-0.2, -0.15) is 0 Å². The maximum absolute atomic E-state index is 13.6. The lowest BCUT2D eigenvalue weighted by molar-refractivity contribution is -0.139. The molecule has 0 aliphatic carbocycles. The van der Waals surface area contributed by atoms with Crippen LogP contribution >= 0.6 is 0 Å². The van der Waals surface area contributed by atoms with Gasteiger partial charge in [-0.3, -0.25) is 9.59 Å². The molecule has 0 radical (unpaired) electrons. The van der Waals surface area contributed by atoms with Crippen LogP contribution in [0.25, 0.3) is 5.76 Å². The fourth-order valence-corrected chi connectivity index (χ4v) is 3.79. The van der Waals surface area contributed by atoms with Crippen LogP contribution in [0, 0.1) is 11.7 Å². The highest BCUT2D eigenvalue weighted by Gasteiger charge is 2.45. The van der Waals surface area contributed by atoms with Crippen molar-refractivity contribution in [2.75, 3.05) is 33.8 Å². The van der Waals surface area contributed by atoms with Gasteiger partial charge in [0.05, 0.1) is 18.2 Å². The van der Waals surface area contributed by atoms with E-state index in [1.807, 2.05) is 32.8 Å². The van der Waals surface area contributed by atoms with E-state index in [1.54, 1.807) is 36.4 Å². The van der Waals surface area contributed by atoms with Crippen LogP contribution < -0.4 is 4.74 Å². The summed E-state index contributed by atoms with van der Waals surface area (Å²) in [7, 11) is 3.86. The van der Waals surface area contributed by atoms with Gasteiger partial charge in [0.15, 0.2) is 0 Å². The summed E-state index contributed by atoms with van der Waals surface area (Å²) >= 11 is 0. The Morgan fingerprint density at radius 3 is 2.30 bits per heavy atom. The number of amides is 1. The predicted molar refractivity (Wildman–Crippen MR) is 125 cm³/mol. The summed E-state index contributed by atoms with van der Waals surface area (Å²) < 4.78 is 19.2. The molecule has 0 bridgehead atoms. The Balaban J connectivity index is 1.99. The number of halogens is 1. The SMILES string of the molecule is CC(C)COc1ccc(/C(O)=C2\C(=O)C(=O)N(CCCN(C)C)C2c2ccc(F)cc2)cc1. The van der Waals surface area contributed by atoms with Gasteiger partial charge in [-0.15, -0.1) is 0 Å². The van der Waals surface area contributed by atoms with E-state index < -0.39 is 23.5 Å². The number of ether oxygens (including phenoxy) is 1. The molecule has 1 aliphatic rings. The zero-order valence-electron chi connectivity index (χ0n) is 19.5. The average molecular weight is 455 g/mol. The van der Waals surface area contributed by atoms with Gasteiger partial charge in [-0.25, -0.2) is 4.39 Å². The number of Topliss-reactive ketones (excluding diaryl/α,β-unsaturated/α-hetero) is 1. The third kappa shape index (κ3) is 5.79. The number of benzene rings is 2. The molecule has 33 heavy (non-hydrogen) atoms. The smallest absolute Gasteiger partial charge is 0.295 e. The lowest BCUT2D eigenvalue weighted by Gasteiger charge is -2.26. The van der Waals surface area contributed by atoms with Crippen LogP contribution in [0.4, 0.5) is 4.39 Å². The minimum absolute atomic E-state index is 0.00677. The van der Waals surface area contributed by atoms with Gasteiger partial charge in [-0.05, 0) is 74.9 Å². The maximum atomic E-state index is 13.6. The molecule has 2 aromatic carbocycles. The normalized spacial score (nSPS) is 17.9. The summed E-state index contributed by atoms with van der Waals surface area (Å²) in [6, 6.07) is 11.6. The van der Waals surface area contributed by atoms with E-state index in [2.05, 4.69) is 0 Å². The van der Waals surface area contributed by atoms with E-state index in [1.165, 1.54) is 17.0 Å². The Morgan fingerprint density at radius 2 is 1.73 bits per heavy atom. The fourth-order valence-electron chi connectivity index (χ4n) is 3.79. The van der Waals surface area contributed by atoms with Crippen LogP contribution in [-0.4, -0.2) is 60.4 Å². The molecule has 6 nitrogen and oxygen atoms in total. The standard InChI is InChI=1S/C26H31FN2O4/c1-17(2)16-33-21-12-8-19(9-13-21)24(30)22-23(18-6-10-20(27)11-7-18)29(26(32)25(22)31)15-5-14-28(3)4/h6-13,17,23,30H,5,14-16H2,1-4H3/b24-22+. The Hall–Kier alpha value is -3.19. The third-order valence-electron chi connectivity index (χ3n) is 5.44. The number of carbonyl (C=O) groups excluding carboxylic acids is 2. The Kier molecular flexibility index (Phi) is 7.87. The summed E-state index contributed by atoms with van der Waals surface area (Å²) in [5, 5.41) is 11.1. The lowest BCUT2D eigenvalue weighted by atomic mass is 9.95. The van der Waals surface area contributed by atoms with Crippen molar-refractivity contribution < 1.29 is 23.8 Å². The van der Waals surface area contributed by atoms with Gasteiger partial charge in [0.1, 0.15) is 17.3 Å². The molecule has 1 fully saturated rings. The molecule has 7 heteroatoms. The van der Waals surface area contributed by atoms with Gasteiger partial charge in [-0.1, -0.05) is 26.0 Å². The first-order valence-corrected chi connectivity index (χ1v) is 11.1. The quantitative estimate of drug-likeness (QED) is 0.349. The molecule has 3 rings (SSSR count). The first-order chi connectivity index (χ1) is 15.7. The number of aliphatic hydroxyl groups is 1. The summed E-state index contributed by atoms with van der Waals surface area (Å²) in [6.07, 6.45) is 0.652. The zero-order valence-corrected chi connectivity index (χ0v) is 19.5. The summed E-state index contributed by atoms with van der Waals surface area (Å²) in [5.74, 6) is -1.06. The van der Waals surface area contributed by atoms with E-state index >= 15 is 0 Å². The number of hydrogen-bond acceptors (Lipinski definition) is 5. The molecule has 1 amide bonds. The molecule has 1 atom stereocenters. The second-order valence-corrected chi connectivity index (χ2v) is 8.93. The van der Waals surface area contributed by atoms with Crippen LogP contribution in [0.5, 0.6) is 5.75 Å². The molecular formula is C26H31FN2O4. The van der Waals surface area contributed by atoms with Gasteiger partial charge in [0.25, 0.3) is 11.7 Å². The number of likely N-dealkylation sites (tertiary alicyclic amines) is 1. The highest BCUT2D eigenvalue weighted by molar-refractivity contribution is 6.46. The Labute approximate surface area is 194 Å². The largest absolute Gasteiger partial charge is 0.507 e. The van der Waals surface area contributed by atoms with Gasteiger partial charge in [0.2, 0.25) is 0 Å². The van der Waals surface area contributed by atoms with Crippen molar-refractivity contribution in [3.05, 3.63) is 71.0 Å². The van der Waals surface area contributed by atoms with Crippen molar-refractivity contribution in [3.8, 4) is 5.75 Å². The average Bonchev–Trinajstić information content (AvgIpc) is 3.03. The van der Waals surface area contributed by atoms with Crippen LogP contribution in [-0.2, 0) is 9.59 Å². The number of carbonyl (C=O) groups is 2. The highest BCUT2D eigenvalue weighted by Crippen LogP contribution is 2.39. The molecule has 0 saturated carbocycles. The van der Waals surface area contributed by atoms with Gasteiger partial charge >= 0.3 is 0 Å². The second kappa shape index (κ2) is 10.6. The Morgan fingerprint density at radius 1 is 1.09 bits per heavy atom. The predicted octanol–water partition coefficient (Wildman–Crippen LogP) is 4.23. The Bertz CT molecular complexity index is 1010. The molecule has 1 aliphatic heterocycles. The van der Waals surface area contributed by atoms with Crippen molar-refractivity contribution >= 4 is 17.4 Å². The number of ketones is 1. The molecule has 0 spiro atoms. The molecular weight excluding hydrogens is 423 g/mol. The van der Waals surface area contributed by atoms with Crippen LogP contribution in [0.2, 0.25) is 0 Å². The van der Waals surface area contributed by atoms with Gasteiger partial charge < -0.3 is 19.6 Å². The minimum Gasteiger partial charge on any atom is -0.507 e. The van der Waals surface area contributed by atoms with Crippen LogP contribution in [0.1, 0.15) is 37.4 Å². The lowest BCUT2D eigenvalue weighted by Crippen LogP contribution is -2.32. The molecule has 1 saturated heterocycles. The molecule has 176 valence electrons. The number of rotatable bonds is 9. The monoisotopic (exact) mass is 454 g/mol. The second-order valence-electron chi connectivity index (χ2n) is 8.93. The van der Waals surface area contributed by atoms with Crippen molar-refractivity contribution in [1.29, 1.82) is 0 Å². The number of hydrogen-bond donors (Lipinski definition) is 1. The molecule has 1 unspecified atom stereocenters. The minimum atomic E-state index is -0.787. The van der Waals surface area contributed by atoms with E-state index in [0.29, 0.717) is 42.4 Å². The van der Waals surface area contributed by atoms with Gasteiger partial charge in [0, 0.05) is 12.1 Å². The van der Waals surface area contributed by atoms with Crippen molar-refractivity contribution in [1.82, 2.24) is 9.80 Å². The van der Waals surface area contributed by atoms with Crippen LogP contribution in [0.3, 0.4) is 0 Å². The summed E-state index contributed by atoms with van der Waals surface area (Å²) in [5.41, 5.74) is 0.983. The first kappa shape index (κ1) is 24.5. The molecule has 1 heterocycles. The van der Waals surface area contributed by atoms with Crippen molar-refractivity contribution in [2.45, 2.75) is 26.3 Å². The highest BCUT2D eigenvalue weighted by atomic mass is 19.1. The molecule has 2 aromatic rings. The van der Waals surface area contributed by atoms with E-state index in [4.69, 9.17) is 4.74 Å². The number of nitrogens with zero attached hydrogens (tertiary/aromatic N) is 2. The van der Waals surface area contributed by atoms with Crippen LogP contribution in [0.15, 0.2) is 54.1 Å². The topological polar surface area (TPSA) is 70.1 Å². The fraction of sp³-hybridized carbons (Fsp3) is 0.385. The summed E-state index contributed by atoms with van der Waals surface area (Å²) in [4.78, 5) is 29.4.